The summed E-state index contributed by atoms with van der Waals surface area (Å²) >= 11 is 0. The van der Waals surface area contributed by atoms with E-state index in [1.807, 2.05) is 0 Å². The summed E-state index contributed by atoms with van der Waals surface area (Å²) in [7, 11) is 0. The summed E-state index contributed by atoms with van der Waals surface area (Å²) in [5.41, 5.74) is 0. The molecular weight excluding hydrogens is 138 g/mol. The van der Waals surface area contributed by atoms with Gasteiger partial charge in [-0.15, -0.1) is 5.10 Å². The van der Waals surface area contributed by atoms with Gasteiger partial charge in [-0.2, -0.15) is 0 Å². The zero-order chi connectivity index (χ0) is 7.56. The lowest BCUT2D eigenvalue weighted by atomic mass is 10.8. The molecule has 0 fully saturated rings. The minimum atomic E-state index is -0.569. The quantitative estimate of drug-likeness (QED) is 0.508. The molecule has 1 aromatic heterocycles. The molecular formula is C4H5N3O3. The predicted molar refractivity (Wildman–Crippen MR) is 28.9 cm³/mol. The number of aromatic nitrogens is 3. The number of hydrogen-bond donors (Lipinski definition) is 1. The molecule has 1 heterocycles. The van der Waals surface area contributed by atoms with Crippen LogP contribution < -0.4 is 4.84 Å². The van der Waals surface area contributed by atoms with Crippen molar-refractivity contribution in [1.82, 2.24) is 15.2 Å². The highest BCUT2D eigenvalue weighted by Crippen LogP contribution is 1.99. The second-order valence-corrected chi connectivity index (χ2v) is 1.55. The Hall–Kier alpha value is -1.59. The number of aromatic hydroxyl groups is 1. The van der Waals surface area contributed by atoms with Crippen molar-refractivity contribution in [3.05, 3.63) is 6.20 Å². The second kappa shape index (κ2) is 2.34. The highest BCUT2D eigenvalue weighted by Gasteiger charge is 2.02. The van der Waals surface area contributed by atoms with Gasteiger partial charge in [-0.3, -0.25) is 0 Å². The minimum Gasteiger partial charge on any atom is -0.490 e. The van der Waals surface area contributed by atoms with E-state index in [4.69, 9.17) is 5.11 Å². The molecule has 0 atom stereocenters. The van der Waals surface area contributed by atoms with Crippen molar-refractivity contribution >= 4 is 5.97 Å². The van der Waals surface area contributed by atoms with E-state index in [-0.39, 0.29) is 5.88 Å². The molecule has 0 saturated heterocycles. The molecule has 54 valence electrons. The summed E-state index contributed by atoms with van der Waals surface area (Å²) in [6.45, 7) is 1.20. The van der Waals surface area contributed by atoms with Crippen LogP contribution in [-0.4, -0.2) is 26.2 Å². The molecule has 0 aromatic carbocycles. The van der Waals surface area contributed by atoms with E-state index in [2.05, 4.69) is 15.1 Å². The molecule has 0 saturated carbocycles. The Morgan fingerprint density at radius 2 is 2.60 bits per heavy atom. The Kier molecular flexibility index (Phi) is 1.53. The third kappa shape index (κ3) is 1.22. The topological polar surface area (TPSA) is 77.2 Å². The largest absolute Gasteiger partial charge is 0.490 e. The monoisotopic (exact) mass is 143 g/mol. The third-order valence-electron chi connectivity index (χ3n) is 0.717. The molecule has 0 aliphatic rings. The maximum atomic E-state index is 10.2. The van der Waals surface area contributed by atoms with E-state index in [9.17, 15) is 4.79 Å². The highest BCUT2D eigenvalue weighted by atomic mass is 16.7. The molecule has 0 unspecified atom stereocenters. The molecule has 0 radical (unpaired) electrons. The van der Waals surface area contributed by atoms with Crippen LogP contribution in [0, 0.1) is 0 Å². The smallest absolute Gasteiger partial charge is 0.332 e. The second-order valence-electron chi connectivity index (χ2n) is 1.55. The maximum absolute atomic E-state index is 10.2. The van der Waals surface area contributed by atoms with Gasteiger partial charge in [0.1, 0.15) is 6.20 Å². The molecule has 0 bridgehead atoms. The van der Waals surface area contributed by atoms with Crippen LogP contribution in [0.15, 0.2) is 6.20 Å². The van der Waals surface area contributed by atoms with Gasteiger partial charge < -0.3 is 9.94 Å². The van der Waals surface area contributed by atoms with E-state index < -0.39 is 5.97 Å². The maximum Gasteiger partial charge on any atom is 0.332 e. The molecule has 0 amide bonds. The summed E-state index contributed by atoms with van der Waals surface area (Å²) < 4.78 is 0. The fourth-order valence-corrected chi connectivity index (χ4v) is 0.406. The molecule has 0 spiro atoms. The lowest BCUT2D eigenvalue weighted by Crippen LogP contribution is -2.17. The average molecular weight is 143 g/mol. The van der Waals surface area contributed by atoms with Gasteiger partial charge in [0.05, 0.1) is 0 Å². The molecule has 1 rings (SSSR count). The van der Waals surface area contributed by atoms with Gasteiger partial charge in [-0.1, -0.05) is 0 Å². The molecule has 0 aliphatic carbocycles. The minimum absolute atomic E-state index is 0.310. The number of carbonyl (C=O) groups excluding carboxylic acids is 1. The average Bonchev–Trinajstić information content (AvgIpc) is 2.15. The van der Waals surface area contributed by atoms with Crippen molar-refractivity contribution in [1.29, 1.82) is 0 Å². The van der Waals surface area contributed by atoms with Crippen molar-refractivity contribution in [2.24, 2.45) is 0 Å². The number of nitrogens with zero attached hydrogens (tertiary/aromatic N) is 3. The highest BCUT2D eigenvalue weighted by molar-refractivity contribution is 5.66. The summed E-state index contributed by atoms with van der Waals surface area (Å²) in [5, 5.41) is 15.3. The van der Waals surface area contributed by atoms with Crippen LogP contribution in [0.5, 0.6) is 5.88 Å². The zero-order valence-electron chi connectivity index (χ0n) is 5.18. The Morgan fingerprint density at radius 1 is 1.90 bits per heavy atom. The first-order valence-corrected chi connectivity index (χ1v) is 2.48. The Balaban J connectivity index is 2.74. The van der Waals surface area contributed by atoms with Crippen molar-refractivity contribution in [2.45, 2.75) is 6.92 Å². The molecule has 1 aromatic rings. The molecule has 10 heavy (non-hydrogen) atoms. The normalized spacial score (nSPS) is 9.30. The summed E-state index contributed by atoms with van der Waals surface area (Å²) in [6.07, 6.45) is 1.06. The van der Waals surface area contributed by atoms with Crippen molar-refractivity contribution in [2.75, 3.05) is 0 Å². The summed E-state index contributed by atoms with van der Waals surface area (Å²) in [6, 6.07) is 0. The Bertz CT molecular complexity index is 244. The summed E-state index contributed by atoms with van der Waals surface area (Å²) in [5.74, 6) is -0.879. The van der Waals surface area contributed by atoms with Crippen molar-refractivity contribution in [3.63, 3.8) is 0 Å². The molecule has 0 aliphatic heterocycles. The standard InChI is InChI=1S/C4H5N3O3/c1-3(8)10-7-4(9)2-5-6-7/h2,9H,1H3. The number of rotatable bonds is 1. The van der Waals surface area contributed by atoms with E-state index in [1.165, 1.54) is 6.92 Å². The van der Waals surface area contributed by atoms with Gasteiger partial charge in [0.2, 0.25) is 0 Å². The molecule has 1 N–H and O–H groups in total. The van der Waals surface area contributed by atoms with E-state index in [1.54, 1.807) is 0 Å². The first-order chi connectivity index (χ1) is 4.70. The van der Waals surface area contributed by atoms with E-state index >= 15 is 0 Å². The van der Waals surface area contributed by atoms with Gasteiger partial charge in [-0.25, -0.2) is 4.79 Å². The first-order valence-electron chi connectivity index (χ1n) is 2.48. The predicted octanol–water partition coefficient (Wildman–Crippen LogP) is -1.04. The van der Waals surface area contributed by atoms with Crippen molar-refractivity contribution in [3.8, 4) is 5.88 Å². The molecule has 6 heteroatoms. The van der Waals surface area contributed by atoms with Crippen LogP contribution in [0.2, 0.25) is 0 Å². The van der Waals surface area contributed by atoms with Crippen LogP contribution in [0.3, 0.4) is 0 Å². The van der Waals surface area contributed by atoms with Gasteiger partial charge >= 0.3 is 5.97 Å². The number of carbonyl (C=O) groups is 1. The first kappa shape index (κ1) is 6.53. The van der Waals surface area contributed by atoms with Gasteiger partial charge in [0.25, 0.3) is 5.88 Å². The van der Waals surface area contributed by atoms with E-state index in [0.717, 1.165) is 6.20 Å². The van der Waals surface area contributed by atoms with Crippen LogP contribution >= 0.6 is 0 Å². The fourth-order valence-electron chi connectivity index (χ4n) is 0.406. The Morgan fingerprint density at radius 3 is 3.00 bits per heavy atom. The van der Waals surface area contributed by atoms with Gasteiger partial charge in [-0.05, 0) is 10.1 Å². The van der Waals surface area contributed by atoms with Crippen LogP contribution in [0.1, 0.15) is 6.92 Å². The van der Waals surface area contributed by atoms with Crippen molar-refractivity contribution < 1.29 is 14.7 Å². The van der Waals surface area contributed by atoms with Gasteiger partial charge in [0.15, 0.2) is 0 Å². The van der Waals surface area contributed by atoms with Crippen LogP contribution in [-0.2, 0) is 4.79 Å². The van der Waals surface area contributed by atoms with Crippen LogP contribution in [0.25, 0.3) is 0 Å². The summed E-state index contributed by atoms with van der Waals surface area (Å²) in [4.78, 5) is 15.2. The van der Waals surface area contributed by atoms with Crippen LogP contribution in [0.4, 0.5) is 0 Å². The van der Waals surface area contributed by atoms with E-state index in [0.29, 0.717) is 4.85 Å². The third-order valence-corrected chi connectivity index (χ3v) is 0.717. The van der Waals surface area contributed by atoms with Gasteiger partial charge in [0, 0.05) is 6.92 Å². The number of hydrogen-bond acceptors (Lipinski definition) is 5. The molecule has 6 nitrogen and oxygen atoms in total. The lowest BCUT2D eigenvalue weighted by Gasteiger charge is -1.96. The Labute approximate surface area is 56.0 Å². The SMILES string of the molecule is CC(=O)On1nncc1O. The lowest BCUT2D eigenvalue weighted by molar-refractivity contribution is -0.144. The fraction of sp³-hybridized carbons (Fsp3) is 0.250. The zero-order valence-corrected chi connectivity index (χ0v) is 5.18.